The largest absolute Gasteiger partial charge is 0.414 e. The van der Waals surface area contributed by atoms with E-state index in [0.717, 1.165) is 5.56 Å². The molecule has 3 amide bonds. The number of fused-ring (bicyclic) bond motifs is 1. The zero-order chi connectivity index (χ0) is 26.1. The Labute approximate surface area is 207 Å². The molecule has 36 heavy (non-hydrogen) atoms. The van der Waals surface area contributed by atoms with Crippen LogP contribution >= 0.6 is 0 Å². The lowest BCUT2D eigenvalue weighted by Crippen LogP contribution is -2.27. The molecule has 1 aliphatic heterocycles. The summed E-state index contributed by atoms with van der Waals surface area (Å²) in [6.07, 6.45) is 2.74. The van der Waals surface area contributed by atoms with Gasteiger partial charge in [0.25, 0.3) is 5.91 Å². The van der Waals surface area contributed by atoms with Crippen molar-refractivity contribution in [2.45, 2.75) is 26.3 Å². The number of carbonyl (C=O) groups is 3. The van der Waals surface area contributed by atoms with Gasteiger partial charge in [0, 0.05) is 32.9 Å². The highest BCUT2D eigenvalue weighted by atomic mass is 16.6. The van der Waals surface area contributed by atoms with Crippen LogP contribution < -0.4 is 15.8 Å². The van der Waals surface area contributed by atoms with Crippen LogP contribution in [0.1, 0.15) is 34.1 Å². The Hall–Kier alpha value is -4.48. The lowest BCUT2D eigenvalue weighted by molar-refractivity contribution is -0.125. The highest BCUT2D eigenvalue weighted by molar-refractivity contribution is 6.13. The number of ether oxygens (including phenoxy) is 1. The van der Waals surface area contributed by atoms with Gasteiger partial charge < -0.3 is 25.6 Å². The molecule has 3 heterocycles. The van der Waals surface area contributed by atoms with Crippen LogP contribution in [0.2, 0.25) is 0 Å². The van der Waals surface area contributed by atoms with Gasteiger partial charge in [-0.2, -0.15) is 5.10 Å². The summed E-state index contributed by atoms with van der Waals surface area (Å²) in [5, 5.41) is 7.78. The summed E-state index contributed by atoms with van der Waals surface area (Å²) in [5.41, 5.74) is 8.60. The number of carbonyl (C=O) groups excluding carboxylic acids is 3. The molecule has 0 bridgehead atoms. The minimum Gasteiger partial charge on any atom is -0.410 e. The van der Waals surface area contributed by atoms with E-state index in [1.807, 2.05) is 6.92 Å². The van der Waals surface area contributed by atoms with Crippen molar-refractivity contribution in [3.05, 3.63) is 47.9 Å². The van der Waals surface area contributed by atoms with E-state index < -0.39 is 12.0 Å². The first-order valence-corrected chi connectivity index (χ1v) is 11.3. The fourth-order valence-electron chi connectivity index (χ4n) is 4.09. The van der Waals surface area contributed by atoms with Gasteiger partial charge in [0.15, 0.2) is 11.3 Å². The number of aromatic nitrogens is 4. The Balaban J connectivity index is 1.65. The topological polar surface area (TPSA) is 149 Å². The molecule has 3 aromatic rings. The molecule has 0 unspecified atom stereocenters. The van der Waals surface area contributed by atoms with Crippen LogP contribution in [0.25, 0.3) is 11.0 Å². The smallest absolute Gasteiger partial charge is 0.410 e. The summed E-state index contributed by atoms with van der Waals surface area (Å²) in [7, 11) is 3.19. The number of nitrogens with zero attached hydrogens (tertiary/aromatic N) is 6. The van der Waals surface area contributed by atoms with E-state index in [1.54, 1.807) is 42.7 Å². The number of anilines is 2. The fraction of sp³-hybridized carbons (Fsp3) is 0.333. The van der Waals surface area contributed by atoms with Gasteiger partial charge >= 0.3 is 6.09 Å². The number of benzene rings is 1. The molecule has 1 fully saturated rings. The first kappa shape index (κ1) is 24.6. The van der Waals surface area contributed by atoms with Crippen LogP contribution in [0.4, 0.5) is 16.3 Å². The average molecular weight is 493 g/mol. The van der Waals surface area contributed by atoms with E-state index in [1.165, 1.54) is 17.3 Å². The predicted octanol–water partition coefficient (Wildman–Crippen LogP) is 2.30. The lowest BCUT2D eigenvalue weighted by Gasteiger charge is -2.16. The molecule has 1 aliphatic rings. The molecular formula is C24H28N8O4. The number of nitrogen functional groups attached to an aromatic ring is 1. The molecule has 1 saturated heterocycles. The molecule has 0 aliphatic carbocycles. The zero-order valence-corrected chi connectivity index (χ0v) is 20.6. The third-order valence-corrected chi connectivity index (χ3v) is 6.28. The average Bonchev–Trinajstić information content (AvgIpc) is 3.49. The molecule has 12 nitrogen and oxygen atoms in total. The molecule has 12 heteroatoms. The summed E-state index contributed by atoms with van der Waals surface area (Å²) in [6.45, 7) is 8.12. The van der Waals surface area contributed by atoms with Crippen LogP contribution in [0.15, 0.2) is 31.1 Å². The minimum atomic E-state index is -0.498. The van der Waals surface area contributed by atoms with Gasteiger partial charge in [-0.15, -0.1) is 0 Å². The van der Waals surface area contributed by atoms with Crippen molar-refractivity contribution in [1.29, 1.82) is 0 Å². The fourth-order valence-corrected chi connectivity index (χ4v) is 4.09. The van der Waals surface area contributed by atoms with Crippen molar-refractivity contribution in [3.8, 4) is 5.75 Å². The number of nitrogens with one attached hydrogen (secondary N) is 1. The van der Waals surface area contributed by atoms with Gasteiger partial charge in [-0.3, -0.25) is 9.59 Å². The number of hydrogen-bond donors (Lipinski definition) is 2. The molecule has 1 aromatic carbocycles. The summed E-state index contributed by atoms with van der Waals surface area (Å²) in [4.78, 5) is 48.7. The zero-order valence-electron chi connectivity index (χ0n) is 20.6. The van der Waals surface area contributed by atoms with E-state index in [4.69, 9.17) is 10.5 Å². The minimum absolute atomic E-state index is 0.0803. The molecule has 0 saturated carbocycles. The third-order valence-electron chi connectivity index (χ3n) is 6.28. The van der Waals surface area contributed by atoms with E-state index >= 15 is 0 Å². The summed E-state index contributed by atoms with van der Waals surface area (Å²) in [5.74, 6) is -0.117. The third kappa shape index (κ3) is 4.44. The van der Waals surface area contributed by atoms with E-state index in [-0.39, 0.29) is 23.5 Å². The Kier molecular flexibility index (Phi) is 6.60. The van der Waals surface area contributed by atoms with Crippen LogP contribution in [0, 0.1) is 13.8 Å². The highest BCUT2D eigenvalue weighted by Crippen LogP contribution is 2.31. The van der Waals surface area contributed by atoms with Crippen molar-refractivity contribution in [2.75, 3.05) is 38.2 Å². The van der Waals surface area contributed by atoms with Crippen molar-refractivity contribution >= 4 is 40.4 Å². The number of amides is 3. The number of likely N-dealkylation sites (tertiary alicyclic amines) is 1. The normalized spacial score (nSPS) is 15.1. The molecule has 188 valence electrons. The van der Waals surface area contributed by atoms with Crippen LogP contribution in [-0.2, 0) is 4.79 Å². The van der Waals surface area contributed by atoms with Crippen molar-refractivity contribution in [2.24, 2.45) is 0 Å². The van der Waals surface area contributed by atoms with Crippen molar-refractivity contribution < 1.29 is 19.1 Å². The van der Waals surface area contributed by atoms with Crippen molar-refractivity contribution in [1.82, 2.24) is 29.5 Å². The predicted molar refractivity (Wildman–Crippen MR) is 134 cm³/mol. The van der Waals surface area contributed by atoms with Gasteiger partial charge in [0.2, 0.25) is 5.91 Å². The molecule has 0 spiro atoms. The second kappa shape index (κ2) is 9.64. The maximum absolute atomic E-state index is 13.4. The first-order valence-electron chi connectivity index (χ1n) is 11.3. The maximum atomic E-state index is 13.4. The number of nitrogens with two attached hydrogens (primary N) is 1. The SMILES string of the molecule is C=CC(=O)N1CC[C@@H](n2nc(C(=O)Nc3ccc(OC(=O)N(C)C)c(C)c3C)c3c(N)ncnc32)C1. The van der Waals surface area contributed by atoms with Crippen LogP contribution in [-0.4, -0.2) is 74.6 Å². The molecule has 3 N–H and O–H groups in total. The Morgan fingerprint density at radius 1 is 1.22 bits per heavy atom. The highest BCUT2D eigenvalue weighted by Gasteiger charge is 2.31. The maximum Gasteiger partial charge on any atom is 0.414 e. The standard InChI is InChI=1S/C24H28N8O4/c1-6-18(33)31-10-9-15(11-31)32-22-19(21(25)26-12-27-22)20(29-32)23(34)28-16-7-8-17(14(3)13(16)2)36-24(35)30(4)5/h6-8,12,15H,1,9-11H2,2-5H3,(H,28,34)(H2,25,26,27)/t15-/m1/s1. The van der Waals surface area contributed by atoms with Crippen LogP contribution in [0.3, 0.4) is 0 Å². The number of hydrogen-bond acceptors (Lipinski definition) is 8. The monoisotopic (exact) mass is 492 g/mol. The second-order valence-electron chi connectivity index (χ2n) is 8.76. The molecule has 0 radical (unpaired) electrons. The number of rotatable bonds is 5. The quantitative estimate of drug-likeness (QED) is 0.516. The van der Waals surface area contributed by atoms with Gasteiger partial charge in [-0.25, -0.2) is 19.4 Å². The first-order chi connectivity index (χ1) is 17.1. The van der Waals surface area contributed by atoms with E-state index in [9.17, 15) is 14.4 Å². The second-order valence-corrected chi connectivity index (χ2v) is 8.76. The summed E-state index contributed by atoms with van der Waals surface area (Å²) >= 11 is 0. The van der Waals surface area contributed by atoms with Crippen molar-refractivity contribution in [3.63, 3.8) is 0 Å². The Bertz CT molecular complexity index is 1380. The van der Waals surface area contributed by atoms with Crippen LogP contribution in [0.5, 0.6) is 5.75 Å². The molecule has 4 rings (SSSR count). The van der Waals surface area contributed by atoms with Gasteiger partial charge in [0.05, 0.1) is 11.4 Å². The summed E-state index contributed by atoms with van der Waals surface area (Å²) in [6, 6.07) is 3.10. The van der Waals surface area contributed by atoms with Gasteiger partial charge in [0.1, 0.15) is 17.9 Å². The van der Waals surface area contributed by atoms with E-state index in [0.29, 0.717) is 47.5 Å². The van der Waals surface area contributed by atoms with Gasteiger partial charge in [-0.05, 0) is 49.6 Å². The Morgan fingerprint density at radius 2 is 1.97 bits per heavy atom. The molecule has 2 aromatic heterocycles. The van der Waals surface area contributed by atoms with E-state index in [2.05, 4.69) is 27.0 Å². The Morgan fingerprint density at radius 3 is 2.67 bits per heavy atom. The molecular weight excluding hydrogens is 464 g/mol. The van der Waals surface area contributed by atoms with Gasteiger partial charge in [-0.1, -0.05) is 6.58 Å². The summed E-state index contributed by atoms with van der Waals surface area (Å²) < 4.78 is 7.03. The molecule has 1 atom stereocenters. The lowest BCUT2D eigenvalue weighted by atomic mass is 10.1.